The van der Waals surface area contributed by atoms with Gasteiger partial charge in [-0.2, -0.15) is 0 Å². The molecule has 0 saturated carbocycles. The maximum Gasteiger partial charge on any atom is 0.111 e. The molecule has 0 aliphatic carbocycles. The molecule has 3 aromatic rings. The fourth-order valence-electron chi connectivity index (χ4n) is 3.54. The molecule has 2 aromatic carbocycles. The highest BCUT2D eigenvalue weighted by Crippen LogP contribution is 2.26. The Morgan fingerprint density at radius 2 is 1.69 bits per heavy atom. The number of piperazine rings is 1. The van der Waals surface area contributed by atoms with E-state index in [0.717, 1.165) is 53.9 Å². The highest BCUT2D eigenvalue weighted by molar-refractivity contribution is 7.80. The summed E-state index contributed by atoms with van der Waals surface area (Å²) >= 11 is 12.3. The number of rotatable bonds is 3. The first kappa shape index (κ1) is 17.5. The van der Waals surface area contributed by atoms with Gasteiger partial charge in [-0.3, -0.25) is 0 Å². The van der Waals surface area contributed by atoms with Crippen LogP contribution in [0, 0.1) is 0 Å². The van der Waals surface area contributed by atoms with Crippen LogP contribution in [-0.4, -0.2) is 52.6 Å². The van der Waals surface area contributed by atoms with Crippen LogP contribution in [0.1, 0.15) is 11.1 Å². The molecule has 1 aliphatic heterocycles. The van der Waals surface area contributed by atoms with E-state index in [4.69, 9.17) is 23.8 Å². The average Bonchev–Trinajstić information content (AvgIpc) is 3.02. The van der Waals surface area contributed by atoms with E-state index in [2.05, 4.69) is 57.9 Å². The van der Waals surface area contributed by atoms with E-state index in [-0.39, 0.29) is 0 Å². The van der Waals surface area contributed by atoms with Gasteiger partial charge in [0.15, 0.2) is 0 Å². The summed E-state index contributed by atoms with van der Waals surface area (Å²) in [5, 5.41) is 2.01. The summed E-state index contributed by atoms with van der Waals surface area (Å²) in [6.07, 6.45) is 2.19. The second-order valence-electron chi connectivity index (χ2n) is 6.87. The SMILES string of the molecule is CN1CCN(C(=S)c2cn(Cc3ccccc3Cl)c3ccccc23)CC1. The predicted octanol–water partition coefficient (Wildman–Crippen LogP) is 4.27. The van der Waals surface area contributed by atoms with Gasteiger partial charge in [0.2, 0.25) is 0 Å². The van der Waals surface area contributed by atoms with Crippen molar-refractivity contribution in [3.8, 4) is 0 Å². The number of fused-ring (bicyclic) bond motifs is 1. The lowest BCUT2D eigenvalue weighted by molar-refractivity contribution is 0.218. The molecule has 0 bridgehead atoms. The molecule has 4 rings (SSSR count). The first-order valence-corrected chi connectivity index (χ1v) is 9.71. The molecular weight excluding hydrogens is 362 g/mol. The highest BCUT2D eigenvalue weighted by atomic mass is 35.5. The van der Waals surface area contributed by atoms with Crippen molar-refractivity contribution in [2.75, 3.05) is 33.2 Å². The molecule has 26 heavy (non-hydrogen) atoms. The van der Waals surface area contributed by atoms with Gasteiger partial charge in [-0.15, -0.1) is 0 Å². The summed E-state index contributed by atoms with van der Waals surface area (Å²) in [6, 6.07) is 16.5. The van der Waals surface area contributed by atoms with Crippen molar-refractivity contribution < 1.29 is 0 Å². The summed E-state index contributed by atoms with van der Waals surface area (Å²) in [5.74, 6) is 0. The Morgan fingerprint density at radius 3 is 2.46 bits per heavy atom. The van der Waals surface area contributed by atoms with Gasteiger partial charge in [0.25, 0.3) is 0 Å². The van der Waals surface area contributed by atoms with Crippen molar-refractivity contribution in [1.29, 1.82) is 0 Å². The van der Waals surface area contributed by atoms with Gasteiger partial charge >= 0.3 is 0 Å². The van der Waals surface area contributed by atoms with Gasteiger partial charge < -0.3 is 14.4 Å². The smallest absolute Gasteiger partial charge is 0.111 e. The Balaban J connectivity index is 1.70. The topological polar surface area (TPSA) is 11.4 Å². The van der Waals surface area contributed by atoms with Crippen LogP contribution in [0.4, 0.5) is 0 Å². The van der Waals surface area contributed by atoms with E-state index in [1.54, 1.807) is 0 Å². The number of thiocarbonyl (C=S) groups is 1. The number of nitrogens with zero attached hydrogens (tertiary/aromatic N) is 3. The van der Waals surface area contributed by atoms with E-state index in [9.17, 15) is 0 Å². The summed E-state index contributed by atoms with van der Waals surface area (Å²) < 4.78 is 2.26. The lowest BCUT2D eigenvalue weighted by Gasteiger charge is -2.34. The molecule has 134 valence electrons. The van der Waals surface area contributed by atoms with Gasteiger partial charge in [0.1, 0.15) is 4.99 Å². The van der Waals surface area contributed by atoms with Crippen LogP contribution in [0.25, 0.3) is 10.9 Å². The minimum absolute atomic E-state index is 0.742. The first-order chi connectivity index (χ1) is 12.6. The van der Waals surface area contributed by atoms with Crippen LogP contribution in [0.15, 0.2) is 54.7 Å². The van der Waals surface area contributed by atoms with Crippen LogP contribution < -0.4 is 0 Å². The number of halogens is 1. The van der Waals surface area contributed by atoms with Crippen LogP contribution >= 0.6 is 23.8 Å². The minimum atomic E-state index is 0.742. The number of hydrogen-bond acceptors (Lipinski definition) is 2. The third-order valence-electron chi connectivity index (χ3n) is 5.11. The third-order valence-corrected chi connectivity index (χ3v) is 5.95. The average molecular weight is 384 g/mol. The van der Waals surface area contributed by atoms with Crippen LogP contribution in [-0.2, 0) is 6.54 Å². The Kier molecular flexibility index (Phi) is 4.98. The number of hydrogen-bond donors (Lipinski definition) is 0. The van der Waals surface area contributed by atoms with Gasteiger partial charge in [0.05, 0.1) is 0 Å². The molecule has 0 atom stereocenters. The molecule has 0 amide bonds. The summed E-state index contributed by atoms with van der Waals surface area (Å²) in [6.45, 7) is 4.82. The number of benzene rings is 2. The zero-order valence-electron chi connectivity index (χ0n) is 14.9. The largest absolute Gasteiger partial charge is 0.360 e. The van der Waals surface area contributed by atoms with Crippen LogP contribution in [0.3, 0.4) is 0 Å². The van der Waals surface area contributed by atoms with Gasteiger partial charge in [-0.1, -0.05) is 60.2 Å². The maximum absolute atomic E-state index is 6.38. The predicted molar refractivity (Wildman–Crippen MR) is 113 cm³/mol. The highest BCUT2D eigenvalue weighted by Gasteiger charge is 2.21. The molecule has 5 heteroatoms. The third kappa shape index (κ3) is 3.37. The Hall–Kier alpha value is -1.88. The number of likely N-dealkylation sites (N-methyl/N-ethyl adjacent to an activating group) is 1. The molecule has 3 nitrogen and oxygen atoms in total. The van der Waals surface area contributed by atoms with Crippen LogP contribution in [0.5, 0.6) is 0 Å². The molecule has 1 fully saturated rings. The normalized spacial score (nSPS) is 15.5. The molecule has 1 saturated heterocycles. The van der Waals surface area contributed by atoms with Crippen LogP contribution in [0.2, 0.25) is 5.02 Å². The summed E-state index contributed by atoms with van der Waals surface area (Å²) in [4.78, 5) is 5.63. The second-order valence-corrected chi connectivity index (χ2v) is 7.67. The Bertz CT molecular complexity index is 941. The molecule has 1 aromatic heterocycles. The van der Waals surface area contributed by atoms with Gasteiger partial charge in [-0.05, 0) is 24.7 Å². The van der Waals surface area contributed by atoms with Crippen molar-refractivity contribution in [2.24, 2.45) is 0 Å². The number of aromatic nitrogens is 1. The van der Waals surface area contributed by atoms with E-state index < -0.39 is 0 Å². The van der Waals surface area contributed by atoms with Gasteiger partial charge in [-0.25, -0.2) is 0 Å². The molecule has 1 aliphatic rings. The van der Waals surface area contributed by atoms with Gasteiger partial charge in [0, 0.05) is 60.4 Å². The van der Waals surface area contributed by atoms with Crippen molar-refractivity contribution >= 4 is 39.7 Å². The molecule has 0 spiro atoms. The fourth-order valence-corrected chi connectivity index (χ4v) is 4.08. The fraction of sp³-hybridized carbons (Fsp3) is 0.286. The van der Waals surface area contributed by atoms with E-state index in [1.165, 1.54) is 10.9 Å². The first-order valence-electron chi connectivity index (χ1n) is 8.92. The summed E-state index contributed by atoms with van der Waals surface area (Å²) in [5.41, 5.74) is 3.46. The minimum Gasteiger partial charge on any atom is -0.360 e. The zero-order valence-corrected chi connectivity index (χ0v) is 16.4. The lowest BCUT2D eigenvalue weighted by atomic mass is 10.1. The summed E-state index contributed by atoms with van der Waals surface area (Å²) in [7, 11) is 2.16. The quantitative estimate of drug-likeness (QED) is 0.626. The van der Waals surface area contributed by atoms with E-state index in [0.29, 0.717) is 0 Å². The standard InChI is InChI=1S/C21H22ClN3S/c1-23-10-12-24(13-11-23)21(26)18-15-25(20-9-5-3-7-17(18)20)14-16-6-2-4-8-19(16)22/h2-9,15H,10-14H2,1H3. The van der Waals surface area contributed by atoms with Crippen molar-refractivity contribution in [1.82, 2.24) is 14.4 Å². The van der Waals surface area contributed by atoms with E-state index in [1.807, 2.05) is 18.2 Å². The Morgan fingerprint density at radius 1 is 1.00 bits per heavy atom. The molecule has 2 heterocycles. The van der Waals surface area contributed by atoms with E-state index >= 15 is 0 Å². The monoisotopic (exact) mass is 383 g/mol. The molecular formula is C21H22ClN3S. The second kappa shape index (κ2) is 7.39. The zero-order chi connectivity index (χ0) is 18.1. The number of para-hydroxylation sites is 1. The van der Waals surface area contributed by atoms with Crippen molar-refractivity contribution in [3.63, 3.8) is 0 Å². The Labute approximate surface area is 164 Å². The maximum atomic E-state index is 6.38. The lowest BCUT2D eigenvalue weighted by Crippen LogP contribution is -2.46. The van der Waals surface area contributed by atoms with Crippen molar-refractivity contribution in [2.45, 2.75) is 6.54 Å². The van der Waals surface area contributed by atoms with Crippen molar-refractivity contribution in [3.05, 3.63) is 70.9 Å². The molecule has 0 radical (unpaired) electrons. The molecule has 0 unspecified atom stereocenters. The molecule has 0 N–H and O–H groups in total.